The largest absolute Gasteiger partial charge is 0.416 e. The number of hydrogen-bond acceptors (Lipinski definition) is 5. The molecule has 0 aliphatic carbocycles. The van der Waals surface area contributed by atoms with Crippen LogP contribution < -0.4 is 5.32 Å². The summed E-state index contributed by atoms with van der Waals surface area (Å²) in [5.74, 6) is 0. The van der Waals surface area contributed by atoms with Crippen molar-refractivity contribution < 1.29 is 30.0 Å². The molecule has 1 aliphatic rings. The standard InChI is InChI=1S/C19H19ClF3NO4S2/c1-18(30(27,28)14-5-3-4-12(8-14)19(21,22)23)10-16(24-11-18)15-7-6-13(20)9-17(15)29(2,25)26/h3-9,16,24H,10-11H2,1-2H3. The summed E-state index contributed by atoms with van der Waals surface area (Å²) in [6, 6.07) is 7.31. The highest BCUT2D eigenvalue weighted by atomic mass is 35.5. The van der Waals surface area contributed by atoms with Gasteiger partial charge in [-0.25, -0.2) is 16.8 Å². The van der Waals surface area contributed by atoms with E-state index in [2.05, 4.69) is 5.32 Å². The Hall–Kier alpha value is -1.62. The molecule has 30 heavy (non-hydrogen) atoms. The van der Waals surface area contributed by atoms with Crippen molar-refractivity contribution in [1.29, 1.82) is 0 Å². The molecule has 164 valence electrons. The third kappa shape index (κ3) is 4.23. The van der Waals surface area contributed by atoms with Gasteiger partial charge in [0.25, 0.3) is 0 Å². The smallest absolute Gasteiger partial charge is 0.308 e. The first-order valence-corrected chi connectivity index (χ1v) is 12.6. The maximum atomic E-state index is 13.2. The lowest BCUT2D eigenvalue weighted by atomic mass is 10.0. The first-order chi connectivity index (χ1) is 13.6. The van der Waals surface area contributed by atoms with Gasteiger partial charge in [0, 0.05) is 23.9 Å². The minimum absolute atomic E-state index is 0.0181. The Balaban J connectivity index is 2.00. The van der Waals surface area contributed by atoms with E-state index < -0.39 is 47.1 Å². The molecule has 1 aliphatic heterocycles. The van der Waals surface area contributed by atoms with Crippen LogP contribution in [-0.4, -0.2) is 34.4 Å². The van der Waals surface area contributed by atoms with Gasteiger partial charge >= 0.3 is 6.18 Å². The van der Waals surface area contributed by atoms with E-state index in [0.29, 0.717) is 11.6 Å². The number of sulfone groups is 2. The van der Waals surface area contributed by atoms with Gasteiger partial charge in [-0.1, -0.05) is 23.7 Å². The van der Waals surface area contributed by atoms with Crippen LogP contribution in [0.2, 0.25) is 5.02 Å². The topological polar surface area (TPSA) is 80.3 Å². The highest BCUT2D eigenvalue weighted by molar-refractivity contribution is 7.93. The molecular formula is C19H19ClF3NO4S2. The van der Waals surface area contributed by atoms with Crippen LogP contribution in [0.5, 0.6) is 0 Å². The van der Waals surface area contributed by atoms with E-state index in [1.165, 1.54) is 25.1 Å². The predicted octanol–water partition coefficient (Wildman–Crippen LogP) is 4.03. The van der Waals surface area contributed by atoms with Crippen LogP contribution in [0.25, 0.3) is 0 Å². The van der Waals surface area contributed by atoms with Crippen LogP contribution in [0, 0.1) is 0 Å². The number of halogens is 4. The van der Waals surface area contributed by atoms with Crippen molar-refractivity contribution in [2.45, 2.75) is 40.1 Å². The Bertz CT molecular complexity index is 1200. The minimum Gasteiger partial charge on any atom is -0.308 e. The summed E-state index contributed by atoms with van der Waals surface area (Å²) in [6.45, 7) is 1.38. The van der Waals surface area contributed by atoms with Gasteiger partial charge in [-0.2, -0.15) is 13.2 Å². The second kappa shape index (κ2) is 7.51. The first-order valence-electron chi connectivity index (χ1n) is 8.80. The lowest BCUT2D eigenvalue weighted by Gasteiger charge is -2.24. The zero-order valence-corrected chi connectivity index (χ0v) is 18.4. The van der Waals surface area contributed by atoms with Gasteiger partial charge < -0.3 is 5.32 Å². The fourth-order valence-corrected chi connectivity index (χ4v) is 6.57. The van der Waals surface area contributed by atoms with Gasteiger partial charge in [-0.15, -0.1) is 0 Å². The van der Waals surface area contributed by atoms with E-state index in [1.807, 2.05) is 0 Å². The van der Waals surface area contributed by atoms with Gasteiger partial charge in [-0.3, -0.25) is 0 Å². The Morgan fingerprint density at radius 2 is 1.77 bits per heavy atom. The van der Waals surface area contributed by atoms with E-state index in [-0.39, 0.29) is 22.9 Å². The van der Waals surface area contributed by atoms with Crippen LogP contribution in [-0.2, 0) is 25.9 Å². The van der Waals surface area contributed by atoms with E-state index >= 15 is 0 Å². The number of rotatable bonds is 4. The monoisotopic (exact) mass is 481 g/mol. The highest BCUT2D eigenvalue weighted by Crippen LogP contribution is 2.41. The molecule has 0 bridgehead atoms. The van der Waals surface area contributed by atoms with Crippen molar-refractivity contribution in [1.82, 2.24) is 5.32 Å². The van der Waals surface area contributed by atoms with Gasteiger partial charge in [-0.05, 0) is 49.2 Å². The van der Waals surface area contributed by atoms with Crippen LogP contribution in [0.3, 0.4) is 0 Å². The van der Waals surface area contributed by atoms with Gasteiger partial charge in [0.2, 0.25) is 0 Å². The number of benzene rings is 2. The highest BCUT2D eigenvalue weighted by Gasteiger charge is 2.47. The molecule has 2 aromatic rings. The maximum absolute atomic E-state index is 13.2. The summed E-state index contributed by atoms with van der Waals surface area (Å²) in [6.07, 6.45) is -3.66. The van der Waals surface area contributed by atoms with E-state index in [4.69, 9.17) is 11.6 Å². The lowest BCUT2D eigenvalue weighted by molar-refractivity contribution is -0.137. The summed E-state index contributed by atoms with van der Waals surface area (Å²) in [7, 11) is -7.80. The van der Waals surface area contributed by atoms with E-state index in [9.17, 15) is 30.0 Å². The first kappa shape index (κ1) is 23.1. The van der Waals surface area contributed by atoms with Crippen LogP contribution >= 0.6 is 11.6 Å². The second-order valence-electron chi connectivity index (χ2n) is 7.57. The van der Waals surface area contributed by atoms with E-state index in [1.54, 1.807) is 0 Å². The third-order valence-corrected chi connectivity index (χ3v) is 9.10. The van der Waals surface area contributed by atoms with Crippen molar-refractivity contribution in [2.75, 3.05) is 12.8 Å². The van der Waals surface area contributed by atoms with Crippen molar-refractivity contribution in [2.24, 2.45) is 0 Å². The predicted molar refractivity (Wildman–Crippen MR) is 107 cm³/mol. The van der Waals surface area contributed by atoms with Crippen molar-refractivity contribution in [3.63, 3.8) is 0 Å². The molecule has 0 aromatic heterocycles. The fourth-order valence-electron chi connectivity index (χ4n) is 3.58. The quantitative estimate of drug-likeness (QED) is 0.713. The number of hydrogen-bond donors (Lipinski definition) is 1. The van der Waals surface area contributed by atoms with Crippen molar-refractivity contribution in [3.8, 4) is 0 Å². The average molecular weight is 482 g/mol. The van der Waals surface area contributed by atoms with E-state index in [0.717, 1.165) is 24.5 Å². The van der Waals surface area contributed by atoms with Crippen molar-refractivity contribution >= 4 is 31.3 Å². The van der Waals surface area contributed by atoms with Crippen LogP contribution in [0.1, 0.15) is 30.5 Å². The molecule has 11 heteroatoms. The van der Waals surface area contributed by atoms with Gasteiger partial charge in [0.15, 0.2) is 19.7 Å². The molecule has 1 fully saturated rings. The fraction of sp³-hybridized carbons (Fsp3) is 0.368. The molecule has 0 radical (unpaired) electrons. The summed E-state index contributed by atoms with van der Waals surface area (Å²) < 4.78 is 88.4. The van der Waals surface area contributed by atoms with Gasteiger partial charge in [0.05, 0.1) is 20.1 Å². The van der Waals surface area contributed by atoms with Gasteiger partial charge in [0.1, 0.15) is 0 Å². The normalized spacial score (nSPS) is 22.9. The zero-order valence-electron chi connectivity index (χ0n) is 16.0. The SMILES string of the molecule is CC1(S(=O)(=O)c2cccc(C(F)(F)F)c2)CNC(c2ccc(Cl)cc2S(C)(=O)=O)C1. The molecule has 2 aromatic carbocycles. The zero-order chi connectivity index (χ0) is 22.5. The lowest BCUT2D eigenvalue weighted by Crippen LogP contribution is -2.37. The summed E-state index contributed by atoms with van der Waals surface area (Å²) >= 11 is 5.92. The maximum Gasteiger partial charge on any atom is 0.416 e. The summed E-state index contributed by atoms with van der Waals surface area (Å²) in [5.41, 5.74) is -0.684. The molecule has 1 saturated heterocycles. The summed E-state index contributed by atoms with van der Waals surface area (Å²) in [4.78, 5) is -0.449. The molecule has 5 nitrogen and oxygen atoms in total. The minimum atomic E-state index is -4.67. The number of nitrogens with one attached hydrogen (secondary N) is 1. The molecule has 3 rings (SSSR count). The second-order valence-corrected chi connectivity index (χ2v) is 12.5. The Kier molecular flexibility index (Phi) is 5.77. The Morgan fingerprint density at radius 1 is 1.10 bits per heavy atom. The molecule has 2 unspecified atom stereocenters. The average Bonchev–Trinajstić information content (AvgIpc) is 3.04. The third-order valence-electron chi connectivity index (χ3n) is 5.23. The van der Waals surface area contributed by atoms with Crippen LogP contribution in [0.4, 0.5) is 13.2 Å². The Labute approximate surface area is 178 Å². The molecule has 2 atom stereocenters. The molecular weight excluding hydrogens is 463 g/mol. The number of alkyl halides is 3. The van der Waals surface area contributed by atoms with Crippen molar-refractivity contribution in [3.05, 3.63) is 58.6 Å². The molecule has 1 N–H and O–H groups in total. The molecule has 0 saturated carbocycles. The van der Waals surface area contributed by atoms with Crippen LogP contribution in [0.15, 0.2) is 52.3 Å². The summed E-state index contributed by atoms with van der Waals surface area (Å²) in [5, 5.41) is 3.23. The molecule has 0 spiro atoms. The molecule has 1 heterocycles. The Morgan fingerprint density at radius 3 is 2.37 bits per heavy atom. The molecule has 0 amide bonds.